The van der Waals surface area contributed by atoms with E-state index < -0.39 is 10.8 Å². The predicted molar refractivity (Wildman–Crippen MR) is 85.7 cm³/mol. The van der Waals surface area contributed by atoms with Crippen LogP contribution in [0.3, 0.4) is 0 Å². The standard InChI is InChI=1S/C15H14N6O3/c1-10-4-2-3-5-11(10)9-20-7-6-13(19-20)17-15(22)14-12(21(23)24)8-16-18-14/h2-8H,9H2,1H3,(H,16,18)(H,17,19,22). The number of aromatic nitrogens is 4. The lowest BCUT2D eigenvalue weighted by atomic mass is 10.1. The molecular weight excluding hydrogens is 312 g/mol. The van der Waals surface area contributed by atoms with Gasteiger partial charge in [-0.3, -0.25) is 24.7 Å². The number of hydrogen-bond donors (Lipinski definition) is 2. The molecule has 9 heteroatoms. The van der Waals surface area contributed by atoms with Crippen LogP contribution in [0.25, 0.3) is 0 Å². The van der Waals surface area contributed by atoms with Crippen LogP contribution in [0.1, 0.15) is 21.6 Å². The van der Waals surface area contributed by atoms with E-state index in [4.69, 9.17) is 0 Å². The molecule has 1 aromatic carbocycles. The monoisotopic (exact) mass is 326 g/mol. The molecule has 0 radical (unpaired) electrons. The second kappa shape index (κ2) is 6.32. The quantitative estimate of drug-likeness (QED) is 0.550. The molecule has 0 aliphatic carbocycles. The van der Waals surface area contributed by atoms with Crippen LogP contribution in [-0.4, -0.2) is 30.8 Å². The first-order valence-corrected chi connectivity index (χ1v) is 7.11. The van der Waals surface area contributed by atoms with Crippen molar-refractivity contribution in [1.82, 2.24) is 20.0 Å². The van der Waals surface area contributed by atoms with E-state index in [0.29, 0.717) is 12.4 Å². The van der Waals surface area contributed by atoms with Gasteiger partial charge in [0.2, 0.25) is 5.69 Å². The molecule has 0 fully saturated rings. The first-order valence-electron chi connectivity index (χ1n) is 7.11. The maximum atomic E-state index is 12.1. The van der Waals surface area contributed by atoms with E-state index in [1.54, 1.807) is 16.9 Å². The van der Waals surface area contributed by atoms with Gasteiger partial charge in [0, 0.05) is 12.3 Å². The third-order valence-corrected chi connectivity index (χ3v) is 3.52. The summed E-state index contributed by atoms with van der Waals surface area (Å²) in [7, 11) is 0. The molecule has 122 valence electrons. The highest BCUT2D eigenvalue weighted by Crippen LogP contribution is 2.16. The second-order valence-electron chi connectivity index (χ2n) is 5.17. The van der Waals surface area contributed by atoms with Gasteiger partial charge >= 0.3 is 5.69 Å². The van der Waals surface area contributed by atoms with Gasteiger partial charge in [0.05, 0.1) is 11.5 Å². The topological polar surface area (TPSA) is 119 Å². The molecule has 1 amide bonds. The van der Waals surface area contributed by atoms with Crippen LogP contribution in [0.5, 0.6) is 0 Å². The number of carbonyl (C=O) groups excluding carboxylic acids is 1. The summed E-state index contributed by atoms with van der Waals surface area (Å²) >= 11 is 0. The lowest BCUT2D eigenvalue weighted by Gasteiger charge is -2.05. The van der Waals surface area contributed by atoms with Crippen molar-refractivity contribution >= 4 is 17.4 Å². The van der Waals surface area contributed by atoms with Crippen molar-refractivity contribution in [3.05, 3.63) is 69.7 Å². The van der Waals surface area contributed by atoms with E-state index in [1.807, 2.05) is 31.2 Å². The van der Waals surface area contributed by atoms with Gasteiger partial charge in [-0.1, -0.05) is 24.3 Å². The third-order valence-electron chi connectivity index (χ3n) is 3.52. The first-order chi connectivity index (χ1) is 11.5. The molecular formula is C15H14N6O3. The van der Waals surface area contributed by atoms with Crippen molar-refractivity contribution in [3.8, 4) is 0 Å². The Bertz CT molecular complexity index is 898. The average molecular weight is 326 g/mol. The second-order valence-corrected chi connectivity index (χ2v) is 5.17. The van der Waals surface area contributed by atoms with Gasteiger partial charge in [-0.05, 0) is 18.1 Å². The molecule has 0 bridgehead atoms. The van der Waals surface area contributed by atoms with Crippen LogP contribution in [0.2, 0.25) is 0 Å². The molecule has 0 atom stereocenters. The number of carbonyl (C=O) groups is 1. The molecule has 9 nitrogen and oxygen atoms in total. The van der Waals surface area contributed by atoms with E-state index in [2.05, 4.69) is 20.6 Å². The molecule has 2 heterocycles. The number of benzene rings is 1. The van der Waals surface area contributed by atoms with Gasteiger partial charge < -0.3 is 5.32 Å². The highest BCUT2D eigenvalue weighted by atomic mass is 16.6. The number of aromatic amines is 1. The number of nitrogens with zero attached hydrogens (tertiary/aromatic N) is 4. The van der Waals surface area contributed by atoms with E-state index in [0.717, 1.165) is 17.3 Å². The predicted octanol–water partition coefficient (Wildman–Crippen LogP) is 2.12. The number of H-pyrrole nitrogens is 1. The van der Waals surface area contributed by atoms with Gasteiger partial charge in [-0.2, -0.15) is 10.2 Å². The molecule has 2 N–H and O–H groups in total. The summed E-state index contributed by atoms with van der Waals surface area (Å²) in [5.41, 5.74) is 1.66. The smallest absolute Gasteiger partial charge is 0.304 e. The summed E-state index contributed by atoms with van der Waals surface area (Å²) in [5.74, 6) is -0.363. The van der Waals surface area contributed by atoms with Gasteiger partial charge in [0.15, 0.2) is 5.82 Å². The summed E-state index contributed by atoms with van der Waals surface area (Å²) in [5, 5.41) is 23.4. The molecule has 24 heavy (non-hydrogen) atoms. The van der Waals surface area contributed by atoms with Crippen LogP contribution < -0.4 is 5.32 Å². The highest BCUT2D eigenvalue weighted by Gasteiger charge is 2.23. The van der Waals surface area contributed by atoms with Crippen LogP contribution >= 0.6 is 0 Å². The van der Waals surface area contributed by atoms with Crippen molar-refractivity contribution in [3.63, 3.8) is 0 Å². The fraction of sp³-hybridized carbons (Fsp3) is 0.133. The molecule has 0 unspecified atom stereocenters. The summed E-state index contributed by atoms with van der Waals surface area (Å²) in [6, 6.07) is 9.55. The Morgan fingerprint density at radius 3 is 2.92 bits per heavy atom. The van der Waals surface area contributed by atoms with Crippen molar-refractivity contribution < 1.29 is 9.72 Å². The Morgan fingerprint density at radius 1 is 1.38 bits per heavy atom. The normalized spacial score (nSPS) is 10.5. The summed E-state index contributed by atoms with van der Waals surface area (Å²) in [6.07, 6.45) is 2.72. The fourth-order valence-corrected chi connectivity index (χ4v) is 2.24. The zero-order valence-corrected chi connectivity index (χ0v) is 12.8. The third kappa shape index (κ3) is 3.14. The summed E-state index contributed by atoms with van der Waals surface area (Å²) in [6.45, 7) is 2.58. The van der Waals surface area contributed by atoms with Gasteiger partial charge in [-0.15, -0.1) is 0 Å². The number of rotatable bonds is 5. The lowest BCUT2D eigenvalue weighted by molar-refractivity contribution is -0.385. The molecule has 3 rings (SSSR count). The van der Waals surface area contributed by atoms with Crippen molar-refractivity contribution in [1.29, 1.82) is 0 Å². The molecule has 0 aliphatic heterocycles. The Morgan fingerprint density at radius 2 is 2.17 bits per heavy atom. The summed E-state index contributed by atoms with van der Waals surface area (Å²) in [4.78, 5) is 22.2. The van der Waals surface area contributed by atoms with Crippen molar-refractivity contribution in [2.75, 3.05) is 5.32 Å². The Hall–Kier alpha value is -3.49. The van der Waals surface area contributed by atoms with Crippen molar-refractivity contribution in [2.45, 2.75) is 13.5 Å². The molecule has 3 aromatic rings. The minimum Gasteiger partial charge on any atom is -0.304 e. The number of hydrogen-bond acceptors (Lipinski definition) is 5. The minimum atomic E-state index is -0.671. The van der Waals surface area contributed by atoms with E-state index in [9.17, 15) is 14.9 Å². The number of anilines is 1. The van der Waals surface area contributed by atoms with Crippen molar-refractivity contribution in [2.24, 2.45) is 0 Å². The number of amides is 1. The molecule has 2 aromatic heterocycles. The Labute approximate surface area is 136 Å². The number of nitro groups is 1. The first kappa shape index (κ1) is 15.4. The van der Waals surface area contributed by atoms with Crippen LogP contribution in [-0.2, 0) is 6.54 Å². The maximum Gasteiger partial charge on any atom is 0.319 e. The molecule has 0 aliphatic rings. The van der Waals surface area contributed by atoms with E-state index in [-0.39, 0.29) is 11.4 Å². The maximum absolute atomic E-state index is 12.1. The fourth-order valence-electron chi connectivity index (χ4n) is 2.24. The van der Waals surface area contributed by atoms with Gasteiger partial charge in [-0.25, -0.2) is 0 Å². The van der Waals surface area contributed by atoms with Gasteiger partial charge in [0.25, 0.3) is 5.91 Å². The van der Waals surface area contributed by atoms with E-state index in [1.165, 1.54) is 0 Å². The average Bonchev–Trinajstić information content (AvgIpc) is 3.19. The lowest BCUT2D eigenvalue weighted by Crippen LogP contribution is -2.15. The zero-order chi connectivity index (χ0) is 17.1. The molecule has 0 saturated heterocycles. The largest absolute Gasteiger partial charge is 0.319 e. The van der Waals surface area contributed by atoms with Crippen LogP contribution in [0, 0.1) is 17.0 Å². The molecule has 0 saturated carbocycles. The summed E-state index contributed by atoms with van der Waals surface area (Å²) < 4.78 is 1.68. The SMILES string of the molecule is Cc1ccccc1Cn1ccc(NC(=O)c2[nH]ncc2[N+](=O)[O-])n1. The number of aryl methyl sites for hydroxylation is 1. The van der Waals surface area contributed by atoms with Gasteiger partial charge in [0.1, 0.15) is 6.20 Å². The van der Waals surface area contributed by atoms with Crippen LogP contribution in [0.15, 0.2) is 42.7 Å². The number of nitrogens with one attached hydrogen (secondary N) is 2. The minimum absolute atomic E-state index is 0.214. The van der Waals surface area contributed by atoms with E-state index >= 15 is 0 Å². The molecule has 0 spiro atoms. The highest BCUT2D eigenvalue weighted by molar-refractivity contribution is 6.04. The Balaban J connectivity index is 1.72. The zero-order valence-electron chi connectivity index (χ0n) is 12.8. The van der Waals surface area contributed by atoms with Crippen LogP contribution in [0.4, 0.5) is 11.5 Å². The Kier molecular flexibility index (Phi) is 4.06.